The summed E-state index contributed by atoms with van der Waals surface area (Å²) in [6.07, 6.45) is 9.49. The average molecular weight is 654 g/mol. The van der Waals surface area contributed by atoms with E-state index in [1.807, 2.05) is 0 Å². The molecule has 7 nitrogen and oxygen atoms in total. The Hall–Kier alpha value is -4.18. The Balaban J connectivity index is 0.000000771. The quantitative estimate of drug-likeness (QED) is 0.189. The smallest absolute Gasteiger partial charge is 0.430 e. The van der Waals surface area contributed by atoms with Gasteiger partial charge >= 0.3 is 6.18 Å². The molecule has 0 radical (unpaired) electrons. The fourth-order valence-corrected chi connectivity index (χ4v) is 6.27. The summed E-state index contributed by atoms with van der Waals surface area (Å²) in [7, 11) is 0. The lowest BCUT2D eigenvalue weighted by Gasteiger charge is -2.25. The fraction of sp³-hybridized carbons (Fsp3) is 0.432. The highest BCUT2D eigenvalue weighted by Crippen LogP contribution is 2.47. The van der Waals surface area contributed by atoms with Crippen molar-refractivity contribution >= 4 is 29.0 Å². The van der Waals surface area contributed by atoms with Crippen LogP contribution in [0.1, 0.15) is 71.4 Å². The number of carboxylic acids is 1. The molecule has 0 atom stereocenters. The predicted octanol–water partition coefficient (Wildman–Crippen LogP) is 5.09. The Labute approximate surface area is 276 Å². The molecule has 0 spiro atoms. The van der Waals surface area contributed by atoms with E-state index in [1.54, 1.807) is 0 Å². The van der Waals surface area contributed by atoms with Crippen LogP contribution in [0.3, 0.4) is 0 Å². The van der Waals surface area contributed by atoms with E-state index in [4.69, 9.17) is 9.90 Å². The van der Waals surface area contributed by atoms with Gasteiger partial charge in [0.1, 0.15) is 12.5 Å². The molecule has 0 aromatic heterocycles. The summed E-state index contributed by atoms with van der Waals surface area (Å²) in [5.74, 6) is -2.87. The van der Waals surface area contributed by atoms with Crippen molar-refractivity contribution in [3.63, 3.8) is 0 Å². The SMILES string of the molecule is CCN1C(=CC=CC=CC2=[N+](CCCCCC(=O)NCC[NH3+])c3ccccc3C2(C)C)C(C)(C)c2ccccc21.O=C([O-])C(F)(F)F. The van der Waals surface area contributed by atoms with Gasteiger partial charge in [0.2, 0.25) is 11.6 Å². The van der Waals surface area contributed by atoms with Crippen molar-refractivity contribution in [3.8, 4) is 0 Å². The number of hydrogen-bond donors (Lipinski definition) is 2. The zero-order chi connectivity index (χ0) is 34.8. The number of para-hydroxylation sites is 2. The maximum absolute atomic E-state index is 11.9. The molecule has 47 heavy (non-hydrogen) atoms. The van der Waals surface area contributed by atoms with Gasteiger partial charge < -0.3 is 25.9 Å². The Morgan fingerprint density at radius 1 is 0.936 bits per heavy atom. The molecule has 1 amide bonds. The van der Waals surface area contributed by atoms with Crippen molar-refractivity contribution in [2.75, 3.05) is 31.1 Å². The molecule has 2 aromatic carbocycles. The van der Waals surface area contributed by atoms with E-state index in [0.29, 0.717) is 13.0 Å². The van der Waals surface area contributed by atoms with Crippen molar-refractivity contribution in [1.29, 1.82) is 0 Å². The number of allylic oxidation sites excluding steroid dienone is 6. The van der Waals surface area contributed by atoms with Gasteiger partial charge in [0.15, 0.2) is 5.71 Å². The van der Waals surface area contributed by atoms with Crippen molar-refractivity contribution < 1.29 is 38.2 Å². The number of alkyl halides is 3. The second-order valence-electron chi connectivity index (χ2n) is 12.7. The third kappa shape index (κ3) is 9.00. The van der Waals surface area contributed by atoms with Crippen LogP contribution in [0.4, 0.5) is 24.5 Å². The van der Waals surface area contributed by atoms with E-state index >= 15 is 0 Å². The highest BCUT2D eigenvalue weighted by atomic mass is 19.4. The Morgan fingerprint density at radius 3 is 2.21 bits per heavy atom. The number of rotatable bonds is 12. The first kappa shape index (κ1) is 37.3. The second kappa shape index (κ2) is 16.1. The van der Waals surface area contributed by atoms with Crippen LogP contribution in [0, 0.1) is 0 Å². The van der Waals surface area contributed by atoms with Crippen molar-refractivity contribution in [2.45, 2.75) is 77.3 Å². The minimum absolute atomic E-state index is 0.0187. The number of nitrogens with one attached hydrogen (secondary N) is 1. The molecule has 0 unspecified atom stereocenters. The summed E-state index contributed by atoms with van der Waals surface area (Å²) in [6.45, 7) is 14.8. The summed E-state index contributed by atoms with van der Waals surface area (Å²) in [5.41, 5.74) is 11.7. The highest BCUT2D eigenvalue weighted by molar-refractivity contribution is 6.03. The normalized spacial score (nSPS) is 17.2. The minimum Gasteiger partial charge on any atom is -0.542 e. The summed E-state index contributed by atoms with van der Waals surface area (Å²) in [6, 6.07) is 17.5. The van der Waals surface area contributed by atoms with Crippen LogP contribution in [0.25, 0.3) is 0 Å². The van der Waals surface area contributed by atoms with E-state index < -0.39 is 12.1 Å². The first-order valence-corrected chi connectivity index (χ1v) is 16.2. The number of carboxylic acid groups (broad SMARTS) is 1. The number of nitrogens with zero attached hydrogens (tertiary/aromatic N) is 2. The van der Waals surface area contributed by atoms with Gasteiger partial charge in [-0.3, -0.25) is 4.79 Å². The molecule has 4 rings (SSSR count). The molecular formula is C37H48F3N4O3+. The van der Waals surface area contributed by atoms with Crippen molar-refractivity contribution in [2.24, 2.45) is 0 Å². The van der Waals surface area contributed by atoms with E-state index in [-0.39, 0.29) is 16.7 Å². The van der Waals surface area contributed by atoms with Gasteiger partial charge in [-0.2, -0.15) is 17.7 Å². The molecule has 10 heteroatoms. The number of halogens is 3. The van der Waals surface area contributed by atoms with E-state index in [0.717, 1.165) is 38.9 Å². The number of fused-ring (bicyclic) bond motifs is 2. The molecule has 0 saturated carbocycles. The van der Waals surface area contributed by atoms with Gasteiger partial charge in [-0.1, -0.05) is 68.5 Å². The van der Waals surface area contributed by atoms with Crippen molar-refractivity contribution in [1.82, 2.24) is 5.32 Å². The van der Waals surface area contributed by atoms with Gasteiger partial charge in [0.25, 0.3) is 0 Å². The molecule has 2 aliphatic heterocycles. The van der Waals surface area contributed by atoms with Gasteiger partial charge in [0, 0.05) is 53.9 Å². The van der Waals surface area contributed by atoms with Crippen LogP contribution in [-0.2, 0) is 20.4 Å². The Kier molecular flexibility index (Phi) is 12.8. The number of likely N-dealkylation sites (N-methyl/N-ethyl adjacent to an activating group) is 1. The van der Waals surface area contributed by atoms with Gasteiger partial charge in [-0.25, -0.2) is 0 Å². The van der Waals surface area contributed by atoms with E-state index in [1.165, 1.54) is 33.9 Å². The maximum Gasteiger partial charge on any atom is 0.430 e. The molecular weight excluding hydrogens is 605 g/mol. The van der Waals surface area contributed by atoms with Crippen molar-refractivity contribution in [3.05, 3.63) is 95.7 Å². The van der Waals surface area contributed by atoms with Crippen LogP contribution in [0.2, 0.25) is 0 Å². The molecule has 0 bridgehead atoms. The lowest BCUT2D eigenvalue weighted by molar-refractivity contribution is -0.438. The monoisotopic (exact) mass is 653 g/mol. The molecule has 2 heterocycles. The van der Waals surface area contributed by atoms with Crippen LogP contribution in [0.5, 0.6) is 0 Å². The summed E-state index contributed by atoms with van der Waals surface area (Å²) in [4.78, 5) is 23.1. The number of quaternary nitrogens is 1. The largest absolute Gasteiger partial charge is 0.542 e. The molecule has 2 aromatic rings. The van der Waals surface area contributed by atoms with Gasteiger partial charge in [-0.05, 0) is 51.3 Å². The third-order valence-corrected chi connectivity index (χ3v) is 8.66. The Bertz CT molecular complexity index is 1540. The standard InChI is InChI=1S/C35H46N4O.C2HF3O2/c1-6-38-29-19-14-12-17-27(29)34(2,3)31(38)21-9-7-10-22-32-35(4,5)28-18-13-15-20-30(28)39(32)26-16-8-11-23-33(40)37-25-24-36;3-2(4,5)1(6)7/h7,9-10,12-15,17-22H,6,8,11,16,23-26,36H2,1-5H3;(H,6,7)/p+1. The number of aliphatic carboxylic acids is 1. The van der Waals surface area contributed by atoms with Gasteiger partial charge in [-0.15, -0.1) is 0 Å². The number of hydrogen-bond acceptors (Lipinski definition) is 4. The number of amides is 1. The minimum atomic E-state index is -5.19. The van der Waals surface area contributed by atoms with E-state index in [9.17, 15) is 18.0 Å². The Morgan fingerprint density at radius 2 is 1.57 bits per heavy atom. The summed E-state index contributed by atoms with van der Waals surface area (Å²) < 4.78 is 34.0. The summed E-state index contributed by atoms with van der Waals surface area (Å²) >= 11 is 0. The van der Waals surface area contributed by atoms with Gasteiger partial charge in [0.05, 0.1) is 18.5 Å². The number of unbranched alkanes of at least 4 members (excludes halogenated alkanes) is 2. The lowest BCUT2D eigenvalue weighted by atomic mass is 9.81. The molecule has 254 valence electrons. The highest BCUT2D eigenvalue weighted by Gasteiger charge is 2.43. The topological polar surface area (TPSA) is 103 Å². The number of benzene rings is 2. The first-order chi connectivity index (χ1) is 22.2. The molecule has 2 aliphatic rings. The first-order valence-electron chi connectivity index (χ1n) is 16.2. The number of carbonyl (C=O) groups excluding carboxylic acids is 2. The molecule has 0 aliphatic carbocycles. The zero-order valence-electron chi connectivity index (χ0n) is 28.1. The predicted molar refractivity (Wildman–Crippen MR) is 178 cm³/mol. The van der Waals surface area contributed by atoms with E-state index in [2.05, 4.69) is 134 Å². The van der Waals surface area contributed by atoms with Crippen LogP contribution < -0.4 is 21.1 Å². The second-order valence-corrected chi connectivity index (χ2v) is 12.7. The number of anilines is 1. The zero-order valence-corrected chi connectivity index (χ0v) is 28.1. The maximum atomic E-state index is 11.9. The van der Waals surface area contributed by atoms with Crippen LogP contribution in [0.15, 0.2) is 84.6 Å². The van der Waals surface area contributed by atoms with Crippen LogP contribution in [-0.4, -0.2) is 54.5 Å². The molecule has 0 saturated heterocycles. The van der Waals surface area contributed by atoms with Crippen LogP contribution >= 0.6 is 0 Å². The molecule has 0 fully saturated rings. The third-order valence-electron chi connectivity index (χ3n) is 8.66. The average Bonchev–Trinajstić information content (AvgIpc) is 3.38. The summed E-state index contributed by atoms with van der Waals surface area (Å²) in [5, 5.41) is 11.7. The molecule has 4 N–H and O–H groups in total. The fourth-order valence-electron chi connectivity index (χ4n) is 6.27. The lowest BCUT2D eigenvalue weighted by Crippen LogP contribution is -2.54. The number of carbonyl (C=O) groups is 2.